The van der Waals surface area contributed by atoms with Crippen molar-refractivity contribution < 1.29 is 9.47 Å². The molecule has 0 bridgehead atoms. The predicted molar refractivity (Wildman–Crippen MR) is 129 cm³/mol. The fourth-order valence-electron chi connectivity index (χ4n) is 4.08. The van der Waals surface area contributed by atoms with Gasteiger partial charge >= 0.3 is 0 Å². The Morgan fingerprint density at radius 3 is 2.16 bits per heavy atom. The highest BCUT2D eigenvalue weighted by Crippen LogP contribution is 2.38. The average Bonchev–Trinajstić information content (AvgIpc) is 3.20. The van der Waals surface area contributed by atoms with Crippen LogP contribution in [0.15, 0.2) is 60.8 Å². The second-order valence-electron chi connectivity index (χ2n) is 8.14. The zero-order valence-corrected chi connectivity index (χ0v) is 18.9. The van der Waals surface area contributed by atoms with Crippen LogP contribution in [0.1, 0.15) is 16.7 Å². The summed E-state index contributed by atoms with van der Waals surface area (Å²) < 4.78 is 13.1. The van der Waals surface area contributed by atoms with Crippen molar-refractivity contribution in [2.24, 2.45) is 0 Å². The molecule has 0 spiro atoms. The zero-order chi connectivity index (χ0) is 22.4. The Labute approximate surface area is 187 Å². The fraction of sp³-hybridized carbons (Fsp3) is 0.185. The molecule has 5 rings (SSSR count). The van der Waals surface area contributed by atoms with Gasteiger partial charge in [-0.05, 0) is 50.1 Å². The first-order valence-corrected chi connectivity index (χ1v) is 10.6. The second kappa shape index (κ2) is 7.68. The molecule has 0 atom stereocenters. The summed E-state index contributed by atoms with van der Waals surface area (Å²) in [7, 11) is 3.28. The van der Waals surface area contributed by atoms with E-state index in [-0.39, 0.29) is 0 Å². The maximum Gasteiger partial charge on any atom is 0.162 e. The third kappa shape index (κ3) is 3.17. The Morgan fingerprint density at radius 2 is 1.47 bits per heavy atom. The van der Waals surface area contributed by atoms with Gasteiger partial charge in [0, 0.05) is 28.6 Å². The normalized spacial score (nSPS) is 11.3. The van der Waals surface area contributed by atoms with Gasteiger partial charge in [-0.2, -0.15) is 5.10 Å². The minimum absolute atomic E-state index is 0.655. The molecule has 160 valence electrons. The Morgan fingerprint density at radius 1 is 0.750 bits per heavy atom. The van der Waals surface area contributed by atoms with Gasteiger partial charge < -0.3 is 9.47 Å². The van der Waals surface area contributed by atoms with Crippen LogP contribution >= 0.6 is 0 Å². The molecule has 0 aliphatic rings. The number of benzene rings is 3. The smallest absolute Gasteiger partial charge is 0.162 e. The molecular weight excluding hydrogens is 398 g/mol. The van der Waals surface area contributed by atoms with Crippen LogP contribution in [0.2, 0.25) is 0 Å². The highest BCUT2D eigenvalue weighted by molar-refractivity contribution is 6.09. The summed E-state index contributed by atoms with van der Waals surface area (Å²) in [5, 5.41) is 7.04. The van der Waals surface area contributed by atoms with E-state index in [0.717, 1.165) is 38.8 Å². The van der Waals surface area contributed by atoms with Gasteiger partial charge in [0.05, 0.1) is 30.9 Å². The number of pyridine rings is 1. The number of rotatable bonds is 4. The second-order valence-corrected chi connectivity index (χ2v) is 8.14. The number of aryl methyl sites for hydroxylation is 3. The number of aromatic nitrogens is 3. The maximum absolute atomic E-state index is 5.60. The molecule has 0 aliphatic carbocycles. The number of fused-ring (bicyclic) bond motifs is 3. The van der Waals surface area contributed by atoms with E-state index in [9.17, 15) is 0 Å². The quantitative estimate of drug-likeness (QED) is 0.346. The molecule has 0 unspecified atom stereocenters. The topological polar surface area (TPSA) is 49.2 Å². The van der Waals surface area contributed by atoms with Crippen LogP contribution in [0.4, 0.5) is 0 Å². The van der Waals surface area contributed by atoms with Crippen molar-refractivity contribution >= 4 is 21.8 Å². The standard InChI is InChI=1S/C27H25N3O2/c1-16-6-9-19(10-7-16)26-22-15-28-23-14-25(32-5)24(31-4)13-21(23)27(22)30(29-26)20-11-8-17(2)18(3)12-20/h6-15H,1-5H3. The summed E-state index contributed by atoms with van der Waals surface area (Å²) in [5.41, 5.74) is 8.49. The molecule has 32 heavy (non-hydrogen) atoms. The lowest BCUT2D eigenvalue weighted by molar-refractivity contribution is 0.356. The van der Waals surface area contributed by atoms with Crippen LogP contribution < -0.4 is 9.47 Å². The lowest BCUT2D eigenvalue weighted by atomic mass is 10.1. The van der Waals surface area contributed by atoms with E-state index in [4.69, 9.17) is 19.6 Å². The van der Waals surface area contributed by atoms with Crippen LogP contribution in [0, 0.1) is 20.8 Å². The lowest BCUT2D eigenvalue weighted by Crippen LogP contribution is -1.99. The average molecular weight is 424 g/mol. The fourth-order valence-corrected chi connectivity index (χ4v) is 4.08. The first-order valence-electron chi connectivity index (χ1n) is 10.6. The highest BCUT2D eigenvalue weighted by atomic mass is 16.5. The van der Waals surface area contributed by atoms with Gasteiger partial charge in [-0.15, -0.1) is 0 Å². The van der Waals surface area contributed by atoms with Gasteiger partial charge in [0.2, 0.25) is 0 Å². The van der Waals surface area contributed by atoms with Gasteiger partial charge in [0.25, 0.3) is 0 Å². The molecule has 2 heterocycles. The molecule has 5 heteroatoms. The lowest BCUT2D eigenvalue weighted by Gasteiger charge is -2.11. The molecule has 0 saturated carbocycles. The minimum atomic E-state index is 0.655. The van der Waals surface area contributed by atoms with E-state index in [1.807, 2.05) is 23.0 Å². The number of methoxy groups -OCH3 is 2. The molecule has 0 fully saturated rings. The summed E-state index contributed by atoms with van der Waals surface area (Å²) in [4.78, 5) is 4.75. The molecule has 3 aromatic carbocycles. The Bertz CT molecular complexity index is 1470. The van der Waals surface area contributed by atoms with Crippen molar-refractivity contribution in [1.82, 2.24) is 14.8 Å². The van der Waals surface area contributed by atoms with Crippen LogP contribution in [-0.4, -0.2) is 29.0 Å². The summed E-state index contributed by atoms with van der Waals surface area (Å²) in [6.45, 7) is 6.33. The summed E-state index contributed by atoms with van der Waals surface area (Å²) >= 11 is 0. The van der Waals surface area contributed by atoms with E-state index in [2.05, 4.69) is 63.2 Å². The van der Waals surface area contributed by atoms with Gasteiger partial charge in [-0.25, -0.2) is 4.68 Å². The van der Waals surface area contributed by atoms with Crippen LogP contribution in [0.25, 0.3) is 38.8 Å². The molecule has 5 aromatic rings. The van der Waals surface area contributed by atoms with Crippen LogP contribution in [0.5, 0.6) is 11.5 Å². The minimum Gasteiger partial charge on any atom is -0.493 e. The van der Waals surface area contributed by atoms with Gasteiger partial charge in [-0.1, -0.05) is 35.9 Å². The summed E-state index contributed by atoms with van der Waals surface area (Å²) in [6, 6.07) is 18.8. The van der Waals surface area contributed by atoms with Gasteiger partial charge in [0.15, 0.2) is 11.5 Å². The van der Waals surface area contributed by atoms with E-state index in [1.165, 1.54) is 16.7 Å². The summed E-state index contributed by atoms with van der Waals surface area (Å²) in [5.74, 6) is 1.32. The molecule has 0 aliphatic heterocycles. The third-order valence-electron chi connectivity index (χ3n) is 6.07. The number of hydrogen-bond acceptors (Lipinski definition) is 4. The molecular formula is C27H25N3O2. The molecule has 0 amide bonds. The van der Waals surface area contributed by atoms with Crippen LogP contribution in [-0.2, 0) is 0 Å². The van der Waals surface area contributed by atoms with Crippen molar-refractivity contribution in [1.29, 1.82) is 0 Å². The van der Waals surface area contributed by atoms with E-state index < -0.39 is 0 Å². The van der Waals surface area contributed by atoms with E-state index in [1.54, 1.807) is 14.2 Å². The zero-order valence-electron chi connectivity index (χ0n) is 18.9. The maximum atomic E-state index is 5.60. The molecule has 2 aromatic heterocycles. The predicted octanol–water partition coefficient (Wildman–Crippen LogP) is 6.18. The van der Waals surface area contributed by atoms with Crippen molar-refractivity contribution in [3.8, 4) is 28.4 Å². The van der Waals surface area contributed by atoms with E-state index in [0.29, 0.717) is 11.5 Å². The largest absolute Gasteiger partial charge is 0.493 e. The van der Waals surface area contributed by atoms with Crippen molar-refractivity contribution in [3.05, 3.63) is 77.5 Å². The van der Waals surface area contributed by atoms with Gasteiger partial charge in [0.1, 0.15) is 5.69 Å². The van der Waals surface area contributed by atoms with Gasteiger partial charge in [-0.3, -0.25) is 4.98 Å². The highest BCUT2D eigenvalue weighted by Gasteiger charge is 2.19. The van der Waals surface area contributed by atoms with Crippen molar-refractivity contribution in [2.45, 2.75) is 20.8 Å². The van der Waals surface area contributed by atoms with E-state index >= 15 is 0 Å². The van der Waals surface area contributed by atoms with Crippen molar-refractivity contribution in [2.75, 3.05) is 14.2 Å². The Kier molecular flexibility index (Phi) is 4.82. The molecule has 0 radical (unpaired) electrons. The molecule has 0 saturated heterocycles. The Hall–Kier alpha value is -3.86. The number of nitrogens with zero attached hydrogens (tertiary/aromatic N) is 3. The molecule has 5 nitrogen and oxygen atoms in total. The van der Waals surface area contributed by atoms with Crippen LogP contribution in [0.3, 0.4) is 0 Å². The number of hydrogen-bond donors (Lipinski definition) is 0. The first kappa shape index (κ1) is 20.1. The number of ether oxygens (including phenoxy) is 2. The third-order valence-corrected chi connectivity index (χ3v) is 6.07. The SMILES string of the molecule is COc1cc2ncc3c(-c4ccc(C)cc4)nn(-c4ccc(C)c(C)c4)c3c2cc1OC. The van der Waals surface area contributed by atoms with Crippen molar-refractivity contribution in [3.63, 3.8) is 0 Å². The Balaban J connectivity index is 1.90. The monoisotopic (exact) mass is 423 g/mol. The summed E-state index contributed by atoms with van der Waals surface area (Å²) in [6.07, 6.45) is 1.91. The first-order chi connectivity index (χ1) is 15.5. The molecule has 0 N–H and O–H groups in total.